The summed E-state index contributed by atoms with van der Waals surface area (Å²) in [6, 6.07) is 9.64. The Balaban J connectivity index is 3.59. The summed E-state index contributed by atoms with van der Waals surface area (Å²) >= 11 is 0. The summed E-state index contributed by atoms with van der Waals surface area (Å²) in [6.07, 6.45) is 7.54. The van der Waals surface area contributed by atoms with Crippen molar-refractivity contribution in [2.75, 3.05) is 0 Å². The van der Waals surface area contributed by atoms with E-state index in [1.807, 2.05) is 0 Å². The third-order valence-corrected chi connectivity index (χ3v) is 15.3. The van der Waals surface area contributed by atoms with E-state index in [1.54, 1.807) is 0 Å². The Morgan fingerprint density at radius 2 is 0.884 bits per heavy atom. The first-order valence-corrected chi connectivity index (χ1v) is 17.1. The number of allylic oxidation sites excluding steroid dienone is 2. The van der Waals surface area contributed by atoms with E-state index in [2.05, 4.69) is 188 Å². The van der Waals surface area contributed by atoms with Crippen molar-refractivity contribution in [1.82, 2.24) is 0 Å². The molecule has 1 aromatic rings. The average molecular weight is 593 g/mol. The van der Waals surface area contributed by atoms with Gasteiger partial charge in [-0.05, 0) is 84.5 Å². The molecule has 0 nitrogen and oxygen atoms in total. The molecule has 0 bridgehead atoms. The zero-order chi connectivity index (χ0) is 34.5. The molecule has 0 saturated heterocycles. The van der Waals surface area contributed by atoms with Crippen LogP contribution in [-0.2, 0) is 10.8 Å². The fourth-order valence-corrected chi connectivity index (χ4v) is 7.80. The second kappa shape index (κ2) is 11.8. The molecule has 0 heterocycles. The summed E-state index contributed by atoms with van der Waals surface area (Å²) in [4.78, 5) is 0. The fraction of sp³-hybridized carbons (Fsp3) is 0.767. The minimum absolute atomic E-state index is 0.00927. The highest BCUT2D eigenvalue weighted by atomic mass is 14.6. The topological polar surface area (TPSA) is 0 Å². The maximum atomic E-state index is 4.19. The molecule has 0 N–H and O–H groups in total. The van der Waals surface area contributed by atoms with Gasteiger partial charge in [-0.25, -0.2) is 0 Å². The van der Waals surface area contributed by atoms with E-state index < -0.39 is 0 Å². The Morgan fingerprint density at radius 1 is 0.488 bits per heavy atom. The molecule has 0 aliphatic heterocycles. The molecule has 0 aromatic heterocycles. The van der Waals surface area contributed by atoms with Crippen LogP contribution in [0.1, 0.15) is 169 Å². The van der Waals surface area contributed by atoms with E-state index in [4.69, 9.17) is 0 Å². The predicted octanol–water partition coefficient (Wildman–Crippen LogP) is 14.0. The van der Waals surface area contributed by atoms with Crippen molar-refractivity contribution in [2.45, 2.75) is 169 Å². The van der Waals surface area contributed by atoms with Crippen LogP contribution >= 0.6 is 0 Å². The van der Waals surface area contributed by atoms with Crippen LogP contribution < -0.4 is 0 Å². The number of hydrogen-bond donors (Lipinski definition) is 0. The highest BCUT2D eigenvalue weighted by Gasteiger charge is 2.54. The molecule has 1 aromatic carbocycles. The van der Waals surface area contributed by atoms with Gasteiger partial charge in [0.25, 0.3) is 0 Å². The van der Waals surface area contributed by atoms with Crippen LogP contribution in [0.25, 0.3) is 0 Å². The Labute approximate surface area is 272 Å². The van der Waals surface area contributed by atoms with Crippen LogP contribution in [0.2, 0.25) is 0 Å². The zero-order valence-corrected chi connectivity index (χ0v) is 33.0. The zero-order valence-electron chi connectivity index (χ0n) is 33.0. The van der Waals surface area contributed by atoms with Gasteiger partial charge in [-0.1, -0.05) is 175 Å². The summed E-state index contributed by atoms with van der Waals surface area (Å²) in [7, 11) is 0. The molecule has 0 heteroatoms. The summed E-state index contributed by atoms with van der Waals surface area (Å²) < 4.78 is 0. The summed E-state index contributed by atoms with van der Waals surface area (Å²) in [5, 5.41) is 0. The first kappa shape index (κ1) is 39.7. The van der Waals surface area contributed by atoms with Crippen molar-refractivity contribution in [2.24, 2.45) is 43.3 Å². The molecular weight excluding hydrogens is 516 g/mol. The molecule has 0 aliphatic carbocycles. The van der Waals surface area contributed by atoms with Gasteiger partial charge >= 0.3 is 0 Å². The van der Waals surface area contributed by atoms with Crippen molar-refractivity contribution >= 4 is 0 Å². The Kier molecular flexibility index (Phi) is 10.9. The van der Waals surface area contributed by atoms with E-state index >= 15 is 0 Å². The van der Waals surface area contributed by atoms with Crippen LogP contribution in [0.3, 0.4) is 0 Å². The third-order valence-electron chi connectivity index (χ3n) is 15.3. The van der Waals surface area contributed by atoms with Crippen LogP contribution in [0.5, 0.6) is 0 Å². The molecule has 0 unspecified atom stereocenters. The standard InChI is InChI=1S/C43H76/c1-23-28-35(5,6)42(19,20)38(11,12)31-37(9,10)40(15,16)32-26-25-27-33(29-32)41(17,18)43(21,22)39(13,14)30-36(7,8)34(3,4)24-2/h23-27,29H,1-2,28,30-31H2,3-22H3. The Hall–Kier alpha value is -1.30. The van der Waals surface area contributed by atoms with E-state index in [0.717, 1.165) is 19.3 Å². The third kappa shape index (κ3) is 6.94. The van der Waals surface area contributed by atoms with Crippen molar-refractivity contribution in [3.8, 4) is 0 Å². The van der Waals surface area contributed by atoms with Crippen molar-refractivity contribution < 1.29 is 0 Å². The molecule has 0 amide bonds. The van der Waals surface area contributed by atoms with Crippen LogP contribution in [-0.4, -0.2) is 0 Å². The fourth-order valence-electron chi connectivity index (χ4n) is 7.80. The average Bonchev–Trinajstić information content (AvgIpc) is 2.82. The van der Waals surface area contributed by atoms with Gasteiger partial charge in [-0.15, -0.1) is 13.2 Å². The van der Waals surface area contributed by atoms with Gasteiger partial charge in [0.05, 0.1) is 0 Å². The number of rotatable bonds is 15. The molecule has 0 atom stereocenters. The molecule has 1 rings (SSSR count). The van der Waals surface area contributed by atoms with Gasteiger partial charge in [0, 0.05) is 0 Å². The van der Waals surface area contributed by atoms with Crippen molar-refractivity contribution in [3.05, 3.63) is 60.7 Å². The van der Waals surface area contributed by atoms with Gasteiger partial charge in [0.2, 0.25) is 0 Å². The monoisotopic (exact) mass is 593 g/mol. The van der Waals surface area contributed by atoms with Crippen molar-refractivity contribution in [1.29, 1.82) is 0 Å². The van der Waals surface area contributed by atoms with Crippen molar-refractivity contribution in [3.63, 3.8) is 0 Å². The second-order valence-corrected chi connectivity index (χ2v) is 20.3. The molecule has 0 aliphatic rings. The highest BCUT2D eigenvalue weighted by Crippen LogP contribution is 2.61. The molecular formula is C43H76. The van der Waals surface area contributed by atoms with E-state index in [-0.39, 0.29) is 54.1 Å². The minimum atomic E-state index is -0.0306. The Morgan fingerprint density at radius 3 is 1.30 bits per heavy atom. The predicted molar refractivity (Wildman–Crippen MR) is 197 cm³/mol. The number of hydrogen-bond acceptors (Lipinski definition) is 0. The van der Waals surface area contributed by atoms with E-state index in [9.17, 15) is 0 Å². The first-order valence-electron chi connectivity index (χ1n) is 17.1. The quantitative estimate of drug-likeness (QED) is 0.178. The van der Waals surface area contributed by atoms with E-state index in [0.29, 0.717) is 0 Å². The lowest BCUT2D eigenvalue weighted by molar-refractivity contribution is -0.0550. The maximum absolute atomic E-state index is 4.19. The van der Waals surface area contributed by atoms with E-state index in [1.165, 1.54) is 11.1 Å². The lowest BCUT2D eigenvalue weighted by Gasteiger charge is -2.57. The van der Waals surface area contributed by atoms with Crippen LogP contribution in [0.15, 0.2) is 49.6 Å². The highest BCUT2D eigenvalue weighted by molar-refractivity contribution is 5.36. The molecule has 248 valence electrons. The lowest BCUT2D eigenvalue weighted by Crippen LogP contribution is -2.50. The first-order chi connectivity index (χ1) is 18.7. The van der Waals surface area contributed by atoms with Crippen LogP contribution in [0.4, 0.5) is 0 Å². The minimum Gasteiger partial charge on any atom is -0.103 e. The molecule has 0 radical (unpaired) electrons. The largest absolute Gasteiger partial charge is 0.103 e. The second-order valence-electron chi connectivity index (χ2n) is 20.3. The Bertz CT molecular complexity index is 1120. The summed E-state index contributed by atoms with van der Waals surface area (Å²) in [6.45, 7) is 57.5. The molecule has 43 heavy (non-hydrogen) atoms. The van der Waals surface area contributed by atoms with Gasteiger partial charge < -0.3 is 0 Å². The van der Waals surface area contributed by atoms with Gasteiger partial charge in [0.15, 0.2) is 0 Å². The SMILES string of the molecule is C=CCC(C)(C)C(C)(C)C(C)(C)CC(C)(C)C(C)(C)c1cccc(C(C)(C)C(C)(C)C(C)(C)CC(C)(C)C(C)(C)C=C)c1. The molecule has 0 saturated carbocycles. The van der Waals surface area contributed by atoms with Gasteiger partial charge in [-0.2, -0.15) is 0 Å². The summed E-state index contributed by atoms with van der Waals surface area (Å²) in [5.74, 6) is 0. The molecule has 0 fully saturated rings. The summed E-state index contributed by atoms with van der Waals surface area (Å²) in [5.41, 5.74) is 3.68. The lowest BCUT2D eigenvalue weighted by atomic mass is 9.47. The normalized spacial score (nSPS) is 15.4. The van der Waals surface area contributed by atoms with Gasteiger partial charge in [-0.3, -0.25) is 0 Å². The maximum Gasteiger partial charge on any atom is -0.00472 e. The van der Waals surface area contributed by atoms with Gasteiger partial charge in [0.1, 0.15) is 0 Å². The van der Waals surface area contributed by atoms with Crippen LogP contribution in [0, 0.1) is 43.3 Å². The number of benzene rings is 1. The smallest absolute Gasteiger partial charge is 0.00472 e. The molecule has 0 spiro atoms.